The number of anilines is 1. The molecule has 0 atom stereocenters. The molecule has 0 aliphatic heterocycles. The van der Waals surface area contributed by atoms with Crippen molar-refractivity contribution in [3.8, 4) is 0 Å². The number of hydrogen-bond donors (Lipinski definition) is 1. The number of aryl methyl sites for hydroxylation is 1. The molecule has 0 saturated heterocycles. The molecule has 112 valence electrons. The highest BCUT2D eigenvalue weighted by atomic mass is 16.1. The first-order valence-corrected chi connectivity index (χ1v) is 7.32. The van der Waals surface area contributed by atoms with Crippen molar-refractivity contribution in [3.63, 3.8) is 0 Å². The van der Waals surface area contributed by atoms with Gasteiger partial charge in [-0.2, -0.15) is 0 Å². The monoisotopic (exact) mass is 278 g/mol. The van der Waals surface area contributed by atoms with Gasteiger partial charge >= 0.3 is 0 Å². The summed E-state index contributed by atoms with van der Waals surface area (Å²) in [6.07, 6.45) is 3.61. The lowest BCUT2D eigenvalue weighted by atomic mass is 10.1. The van der Waals surface area contributed by atoms with Crippen LogP contribution in [0.2, 0.25) is 0 Å². The summed E-state index contributed by atoms with van der Waals surface area (Å²) in [5, 5.41) is 7.69. The molecule has 5 nitrogen and oxygen atoms in total. The zero-order valence-electron chi connectivity index (χ0n) is 13.2. The molecule has 0 fully saturated rings. The molecule has 0 bridgehead atoms. The second-order valence-electron chi connectivity index (χ2n) is 3.69. The predicted molar refractivity (Wildman–Crippen MR) is 83.7 cm³/mol. The third kappa shape index (κ3) is 4.64. The van der Waals surface area contributed by atoms with E-state index in [-0.39, 0.29) is 5.78 Å². The summed E-state index contributed by atoms with van der Waals surface area (Å²) in [4.78, 5) is 11.3. The van der Waals surface area contributed by atoms with E-state index in [0.29, 0.717) is 25.1 Å². The summed E-state index contributed by atoms with van der Waals surface area (Å²) in [6.45, 7) is 9.87. The van der Waals surface area contributed by atoms with Gasteiger partial charge in [0.05, 0.1) is 0 Å². The minimum absolute atomic E-state index is 0.257. The molecule has 2 N–H and O–H groups in total. The molecule has 2 heterocycles. The van der Waals surface area contributed by atoms with E-state index in [1.807, 2.05) is 46.8 Å². The number of Topliss-reactive ketones (excluding diaryl/α,β-unsaturated/α-hetero) is 1. The van der Waals surface area contributed by atoms with Crippen LogP contribution in [0.25, 0.3) is 5.52 Å². The standard InChI is InChI=1S/C11H14N4O.2C2H6/c1-2-9(16)6-5-8-4-3-7-15-10(8)11(12)13-14-15;2*1-2/h3-4,7H,2,5-6,12H2,1H3;2*1-2H3. The van der Waals surface area contributed by atoms with Crippen LogP contribution in [-0.2, 0) is 11.2 Å². The summed E-state index contributed by atoms with van der Waals surface area (Å²) < 4.78 is 1.64. The van der Waals surface area contributed by atoms with Crippen LogP contribution in [0, 0.1) is 0 Å². The average molecular weight is 278 g/mol. The zero-order chi connectivity index (χ0) is 15.5. The van der Waals surface area contributed by atoms with Crippen molar-refractivity contribution in [1.82, 2.24) is 14.8 Å². The molecule has 2 aromatic rings. The number of carbonyl (C=O) groups excluding carboxylic acids is 1. The van der Waals surface area contributed by atoms with Gasteiger partial charge in [-0.1, -0.05) is 45.9 Å². The summed E-state index contributed by atoms with van der Waals surface area (Å²) in [6, 6.07) is 3.84. The highest BCUT2D eigenvalue weighted by molar-refractivity contribution is 5.79. The van der Waals surface area contributed by atoms with Crippen LogP contribution < -0.4 is 5.73 Å². The van der Waals surface area contributed by atoms with Gasteiger partial charge < -0.3 is 5.73 Å². The van der Waals surface area contributed by atoms with E-state index >= 15 is 0 Å². The van der Waals surface area contributed by atoms with E-state index in [9.17, 15) is 4.79 Å². The molecule has 0 unspecified atom stereocenters. The van der Waals surface area contributed by atoms with Gasteiger partial charge in [0.15, 0.2) is 5.82 Å². The van der Waals surface area contributed by atoms with Gasteiger partial charge in [-0.05, 0) is 18.1 Å². The van der Waals surface area contributed by atoms with E-state index in [2.05, 4.69) is 10.3 Å². The zero-order valence-corrected chi connectivity index (χ0v) is 13.2. The molecule has 0 spiro atoms. The lowest BCUT2D eigenvalue weighted by molar-refractivity contribution is -0.118. The first-order chi connectivity index (χ1) is 9.72. The number of ketones is 1. The Labute approximate surface area is 121 Å². The molecule has 5 heteroatoms. The fourth-order valence-electron chi connectivity index (χ4n) is 1.69. The van der Waals surface area contributed by atoms with Crippen LogP contribution in [-0.4, -0.2) is 20.6 Å². The van der Waals surface area contributed by atoms with Gasteiger partial charge in [0.1, 0.15) is 11.3 Å². The number of nitrogen functional groups attached to an aromatic ring is 1. The number of pyridine rings is 1. The normalized spacial score (nSPS) is 9.25. The van der Waals surface area contributed by atoms with E-state index in [4.69, 9.17) is 5.73 Å². The van der Waals surface area contributed by atoms with Gasteiger partial charge in [0.2, 0.25) is 0 Å². The Morgan fingerprint density at radius 2 is 1.95 bits per heavy atom. The number of nitrogens with two attached hydrogens (primary N) is 1. The van der Waals surface area contributed by atoms with Gasteiger partial charge in [-0.15, -0.1) is 5.10 Å². The maximum absolute atomic E-state index is 11.3. The Bertz CT molecular complexity index is 520. The van der Waals surface area contributed by atoms with E-state index in [1.54, 1.807) is 10.7 Å². The Morgan fingerprint density at radius 1 is 1.30 bits per heavy atom. The fraction of sp³-hybridized carbons (Fsp3) is 0.533. The van der Waals surface area contributed by atoms with Crippen LogP contribution in [0.4, 0.5) is 5.82 Å². The molecule has 0 amide bonds. The first kappa shape index (κ1) is 18.1. The van der Waals surface area contributed by atoms with Gasteiger partial charge in [0.25, 0.3) is 0 Å². The molecular weight excluding hydrogens is 252 g/mol. The molecule has 0 saturated carbocycles. The summed E-state index contributed by atoms with van der Waals surface area (Å²) in [7, 11) is 0. The molecule has 0 aliphatic carbocycles. The number of fused-ring (bicyclic) bond motifs is 1. The average Bonchev–Trinajstić information content (AvgIpc) is 2.91. The highest BCUT2D eigenvalue weighted by Gasteiger charge is 2.08. The Morgan fingerprint density at radius 3 is 2.55 bits per heavy atom. The van der Waals surface area contributed by atoms with E-state index < -0.39 is 0 Å². The lowest BCUT2D eigenvalue weighted by Gasteiger charge is -2.02. The van der Waals surface area contributed by atoms with Crippen LogP contribution in [0.1, 0.15) is 53.0 Å². The van der Waals surface area contributed by atoms with Crippen LogP contribution in [0.5, 0.6) is 0 Å². The van der Waals surface area contributed by atoms with Crippen molar-refractivity contribution in [2.45, 2.75) is 53.9 Å². The summed E-state index contributed by atoms with van der Waals surface area (Å²) in [5.74, 6) is 0.674. The lowest BCUT2D eigenvalue weighted by Crippen LogP contribution is -2.00. The second kappa shape index (κ2) is 9.95. The number of aromatic nitrogens is 3. The largest absolute Gasteiger partial charge is 0.380 e. The molecule has 0 aromatic carbocycles. The number of hydrogen-bond acceptors (Lipinski definition) is 4. The quantitative estimate of drug-likeness (QED) is 0.931. The van der Waals surface area contributed by atoms with Crippen LogP contribution in [0.15, 0.2) is 18.3 Å². The van der Waals surface area contributed by atoms with Crippen LogP contribution in [0.3, 0.4) is 0 Å². The number of rotatable bonds is 4. The van der Waals surface area contributed by atoms with Crippen molar-refractivity contribution in [2.24, 2.45) is 0 Å². The Hall–Kier alpha value is -1.91. The van der Waals surface area contributed by atoms with Crippen molar-refractivity contribution in [3.05, 3.63) is 23.9 Å². The molecule has 20 heavy (non-hydrogen) atoms. The van der Waals surface area contributed by atoms with Gasteiger partial charge in [0, 0.05) is 19.0 Å². The van der Waals surface area contributed by atoms with E-state index in [0.717, 1.165) is 11.1 Å². The van der Waals surface area contributed by atoms with E-state index in [1.165, 1.54) is 0 Å². The predicted octanol–water partition coefficient (Wildman–Crippen LogP) is 3.28. The summed E-state index contributed by atoms with van der Waals surface area (Å²) >= 11 is 0. The van der Waals surface area contributed by atoms with Crippen molar-refractivity contribution < 1.29 is 4.79 Å². The Balaban J connectivity index is 0.000000829. The van der Waals surface area contributed by atoms with Crippen molar-refractivity contribution >= 4 is 17.1 Å². The molecule has 0 aliphatic rings. The third-order valence-corrected chi connectivity index (χ3v) is 2.62. The molecule has 2 aromatic heterocycles. The second-order valence-corrected chi connectivity index (χ2v) is 3.69. The molecule has 2 rings (SSSR count). The van der Waals surface area contributed by atoms with Gasteiger partial charge in [-0.25, -0.2) is 4.52 Å². The molecule has 0 radical (unpaired) electrons. The van der Waals surface area contributed by atoms with Crippen molar-refractivity contribution in [2.75, 3.05) is 5.73 Å². The number of carbonyl (C=O) groups is 1. The maximum Gasteiger partial charge on any atom is 0.174 e. The molecular formula is C15H26N4O. The van der Waals surface area contributed by atoms with Crippen molar-refractivity contribution in [1.29, 1.82) is 0 Å². The minimum atomic E-state index is 0.257. The first-order valence-electron chi connectivity index (χ1n) is 7.32. The Kier molecular flexibility index (Phi) is 9.00. The summed E-state index contributed by atoms with van der Waals surface area (Å²) in [5.41, 5.74) is 7.57. The van der Waals surface area contributed by atoms with Gasteiger partial charge in [-0.3, -0.25) is 4.79 Å². The highest BCUT2D eigenvalue weighted by Crippen LogP contribution is 2.17. The maximum atomic E-state index is 11.3. The topological polar surface area (TPSA) is 73.3 Å². The SMILES string of the molecule is CC.CC.CCC(=O)CCc1cccn2nnc(N)c12. The number of nitrogens with zero attached hydrogens (tertiary/aromatic N) is 3. The van der Waals surface area contributed by atoms with Crippen LogP contribution >= 0.6 is 0 Å². The third-order valence-electron chi connectivity index (χ3n) is 2.62. The smallest absolute Gasteiger partial charge is 0.174 e. The minimum Gasteiger partial charge on any atom is -0.380 e. The fourth-order valence-corrected chi connectivity index (χ4v) is 1.69.